The fraction of sp³-hybridized carbons (Fsp3) is 0.500. The Morgan fingerprint density at radius 3 is 2.73 bits per heavy atom. The molecule has 0 unspecified atom stereocenters. The van der Waals surface area contributed by atoms with E-state index in [4.69, 9.17) is 0 Å². The maximum atomic E-state index is 12.7. The Morgan fingerprint density at radius 1 is 1.35 bits per heavy atom. The number of aryl methyl sites for hydroxylation is 1. The minimum Gasteiger partial charge on any atom is -0.333 e. The third-order valence-corrected chi connectivity index (χ3v) is 4.29. The van der Waals surface area contributed by atoms with E-state index in [0.717, 1.165) is 19.5 Å². The molecule has 1 fully saturated rings. The van der Waals surface area contributed by atoms with Crippen molar-refractivity contribution in [1.29, 1.82) is 0 Å². The predicted molar refractivity (Wildman–Crippen MR) is 105 cm³/mol. The number of piperazine rings is 1. The molecule has 10 heteroatoms. The molecule has 0 bridgehead atoms. The molecule has 3 rings (SSSR count). The van der Waals surface area contributed by atoms with Gasteiger partial charge in [0.05, 0.1) is 10.9 Å². The van der Waals surface area contributed by atoms with Crippen LogP contribution in [0.4, 0.5) is 0 Å². The first kappa shape index (κ1) is 22.1. The molecule has 144 valence electrons. The smallest absolute Gasteiger partial charge is 0.329 e. The summed E-state index contributed by atoms with van der Waals surface area (Å²) in [5, 5.41) is 3.50. The van der Waals surface area contributed by atoms with Crippen LogP contribution in [0.1, 0.15) is 30.6 Å². The Balaban J connectivity index is 0.00000169. The second-order valence-corrected chi connectivity index (χ2v) is 6.06. The minimum atomic E-state index is -0.516. The molecule has 2 N–H and O–H groups in total. The van der Waals surface area contributed by atoms with Gasteiger partial charge in [-0.25, -0.2) is 9.78 Å². The van der Waals surface area contributed by atoms with Gasteiger partial charge in [-0.15, -0.1) is 24.8 Å². The number of fused-ring (bicyclic) bond motifs is 1. The summed E-state index contributed by atoms with van der Waals surface area (Å²) in [5.74, 6) is -0.147. The summed E-state index contributed by atoms with van der Waals surface area (Å²) in [5.41, 5.74) is -0.312. The largest absolute Gasteiger partial charge is 0.333 e. The van der Waals surface area contributed by atoms with E-state index < -0.39 is 11.2 Å². The van der Waals surface area contributed by atoms with E-state index in [2.05, 4.69) is 15.3 Å². The first-order valence-electron chi connectivity index (χ1n) is 8.17. The van der Waals surface area contributed by atoms with Gasteiger partial charge in [-0.2, -0.15) is 0 Å². The van der Waals surface area contributed by atoms with Crippen molar-refractivity contribution in [2.24, 2.45) is 0 Å². The zero-order valence-corrected chi connectivity index (χ0v) is 16.3. The van der Waals surface area contributed by atoms with Gasteiger partial charge in [-0.3, -0.25) is 19.1 Å². The number of hydrogen-bond donors (Lipinski definition) is 2. The van der Waals surface area contributed by atoms with Crippen molar-refractivity contribution in [2.75, 3.05) is 19.6 Å². The van der Waals surface area contributed by atoms with Crippen LogP contribution >= 0.6 is 24.8 Å². The predicted octanol–water partition coefficient (Wildman–Crippen LogP) is 0.772. The first-order valence-corrected chi connectivity index (χ1v) is 8.17. The molecule has 0 aliphatic carbocycles. The van der Waals surface area contributed by atoms with Crippen LogP contribution in [0.5, 0.6) is 0 Å². The van der Waals surface area contributed by atoms with Crippen molar-refractivity contribution >= 4 is 41.8 Å². The number of carbonyl (C=O) groups is 1. The average molecular weight is 404 g/mol. The van der Waals surface area contributed by atoms with Crippen LogP contribution in [-0.2, 0) is 6.54 Å². The van der Waals surface area contributed by atoms with Crippen LogP contribution < -0.4 is 16.6 Å². The number of halogens is 2. The second kappa shape index (κ2) is 9.16. The maximum Gasteiger partial charge on any atom is 0.329 e. The molecule has 1 amide bonds. The Hall–Kier alpha value is -1.90. The topological polar surface area (TPSA) is 100 Å². The van der Waals surface area contributed by atoms with Crippen LogP contribution in [0.25, 0.3) is 11.0 Å². The molecule has 0 spiro atoms. The lowest BCUT2D eigenvalue weighted by atomic mass is 10.1. The summed E-state index contributed by atoms with van der Waals surface area (Å²) in [4.78, 5) is 45.1. The van der Waals surface area contributed by atoms with Crippen molar-refractivity contribution in [1.82, 2.24) is 24.8 Å². The van der Waals surface area contributed by atoms with Crippen molar-refractivity contribution in [3.63, 3.8) is 0 Å². The van der Waals surface area contributed by atoms with E-state index in [1.165, 1.54) is 16.8 Å². The number of aromatic amines is 1. The number of aromatic nitrogens is 3. The van der Waals surface area contributed by atoms with Crippen LogP contribution in [-0.4, -0.2) is 51.0 Å². The molecular weight excluding hydrogens is 381 g/mol. The molecule has 26 heavy (non-hydrogen) atoms. The number of carbonyl (C=O) groups excluding carboxylic acids is 1. The molecule has 3 heterocycles. The van der Waals surface area contributed by atoms with Gasteiger partial charge in [0.1, 0.15) is 5.65 Å². The Bertz CT molecular complexity index is 896. The van der Waals surface area contributed by atoms with Gasteiger partial charge >= 0.3 is 5.69 Å². The van der Waals surface area contributed by atoms with Gasteiger partial charge in [0.2, 0.25) is 0 Å². The Labute approximate surface area is 162 Å². The summed E-state index contributed by atoms with van der Waals surface area (Å²) >= 11 is 0. The Morgan fingerprint density at radius 2 is 2.08 bits per heavy atom. The van der Waals surface area contributed by atoms with E-state index in [9.17, 15) is 14.4 Å². The van der Waals surface area contributed by atoms with E-state index in [1.54, 1.807) is 4.90 Å². The fourth-order valence-electron chi connectivity index (χ4n) is 3.02. The quantitative estimate of drug-likeness (QED) is 0.788. The number of hydrogen-bond acceptors (Lipinski definition) is 5. The highest BCUT2D eigenvalue weighted by molar-refractivity contribution is 5.97. The molecule has 8 nitrogen and oxygen atoms in total. The normalized spacial score (nSPS) is 16.7. The van der Waals surface area contributed by atoms with Gasteiger partial charge < -0.3 is 10.2 Å². The fourth-order valence-corrected chi connectivity index (χ4v) is 3.02. The lowest BCUT2D eigenvalue weighted by Crippen LogP contribution is -2.52. The van der Waals surface area contributed by atoms with E-state index in [1.807, 2.05) is 13.8 Å². The number of rotatable bonds is 3. The first-order chi connectivity index (χ1) is 11.5. The zero-order valence-electron chi connectivity index (χ0n) is 14.7. The van der Waals surface area contributed by atoms with Crippen molar-refractivity contribution in [3.8, 4) is 0 Å². The summed E-state index contributed by atoms with van der Waals surface area (Å²) in [6.07, 6.45) is 2.19. The maximum absolute atomic E-state index is 12.7. The second-order valence-electron chi connectivity index (χ2n) is 6.06. The highest BCUT2D eigenvalue weighted by Gasteiger charge is 2.25. The van der Waals surface area contributed by atoms with Crippen LogP contribution in [0.15, 0.2) is 21.9 Å². The van der Waals surface area contributed by atoms with Crippen LogP contribution in [0.2, 0.25) is 0 Å². The summed E-state index contributed by atoms with van der Waals surface area (Å²) in [6, 6.07) is 1.61. The molecular formula is C16H23Cl2N5O3. The summed E-state index contributed by atoms with van der Waals surface area (Å²) < 4.78 is 1.43. The SMILES string of the molecule is CCCn1c(=O)[nH]c(=O)c2cc(C(=O)N3CCNC[C@@H]3C)cnc21.Cl.Cl. The highest BCUT2D eigenvalue weighted by atomic mass is 35.5. The molecule has 1 aliphatic rings. The van der Waals surface area contributed by atoms with Crippen LogP contribution in [0, 0.1) is 0 Å². The molecule has 1 saturated heterocycles. The van der Waals surface area contributed by atoms with Crippen LogP contribution in [0.3, 0.4) is 0 Å². The number of pyridine rings is 1. The van der Waals surface area contributed by atoms with Gasteiger partial charge in [0.15, 0.2) is 0 Å². The van der Waals surface area contributed by atoms with E-state index >= 15 is 0 Å². The molecule has 2 aromatic heterocycles. The number of H-pyrrole nitrogens is 1. The van der Waals surface area contributed by atoms with Crippen molar-refractivity contribution in [3.05, 3.63) is 38.7 Å². The standard InChI is InChI=1S/C16H21N5O3.2ClH/c1-3-5-21-13-12(14(22)19-16(21)24)7-11(9-18-13)15(23)20-6-4-17-8-10(20)2;;/h7,9-10,17H,3-6,8H2,1-2H3,(H,19,22,24);2*1H/t10-;;/m0../s1. The zero-order chi connectivity index (χ0) is 17.3. The molecule has 0 saturated carbocycles. The lowest BCUT2D eigenvalue weighted by Gasteiger charge is -2.34. The molecule has 1 aliphatic heterocycles. The molecule has 2 aromatic rings. The van der Waals surface area contributed by atoms with Crippen molar-refractivity contribution < 1.29 is 4.79 Å². The molecule has 1 atom stereocenters. The number of nitrogens with zero attached hydrogens (tertiary/aromatic N) is 3. The monoisotopic (exact) mass is 403 g/mol. The molecule has 0 aromatic carbocycles. The summed E-state index contributed by atoms with van der Waals surface area (Å²) in [6.45, 7) is 6.47. The van der Waals surface area contributed by atoms with Crippen molar-refractivity contribution in [2.45, 2.75) is 32.9 Å². The van der Waals surface area contributed by atoms with Gasteiger partial charge in [0, 0.05) is 38.4 Å². The lowest BCUT2D eigenvalue weighted by molar-refractivity contribution is 0.0655. The van der Waals surface area contributed by atoms with Gasteiger partial charge in [-0.1, -0.05) is 6.92 Å². The molecule has 0 radical (unpaired) electrons. The van der Waals surface area contributed by atoms with Gasteiger partial charge in [0.25, 0.3) is 11.5 Å². The number of nitrogens with one attached hydrogen (secondary N) is 2. The third-order valence-electron chi connectivity index (χ3n) is 4.29. The van der Waals surface area contributed by atoms with Gasteiger partial charge in [-0.05, 0) is 19.4 Å². The van der Waals surface area contributed by atoms with E-state index in [-0.39, 0.29) is 42.1 Å². The summed E-state index contributed by atoms with van der Waals surface area (Å²) in [7, 11) is 0. The average Bonchev–Trinajstić information content (AvgIpc) is 2.58. The highest BCUT2D eigenvalue weighted by Crippen LogP contribution is 2.13. The third kappa shape index (κ3) is 4.08. The minimum absolute atomic E-state index is 0. The number of amides is 1. The van der Waals surface area contributed by atoms with E-state index in [0.29, 0.717) is 24.3 Å². The Kier molecular flexibility index (Phi) is 7.80.